The Morgan fingerprint density at radius 1 is 1.12 bits per heavy atom. The molecule has 0 aliphatic carbocycles. The zero-order chi connectivity index (χ0) is 17.0. The predicted molar refractivity (Wildman–Crippen MR) is 96.7 cm³/mol. The van der Waals surface area contributed by atoms with Crippen molar-refractivity contribution in [1.29, 1.82) is 0 Å². The minimum atomic E-state index is 0.218. The molecule has 0 saturated carbocycles. The van der Waals surface area contributed by atoms with E-state index in [0.29, 0.717) is 10.0 Å². The van der Waals surface area contributed by atoms with Crippen molar-refractivity contribution in [2.45, 2.75) is 19.4 Å². The Balaban J connectivity index is 2.04. The lowest BCUT2D eigenvalue weighted by molar-refractivity contribution is 0.349. The van der Waals surface area contributed by atoms with Crippen molar-refractivity contribution in [2.75, 3.05) is 14.2 Å². The molecule has 6 heteroatoms. The van der Waals surface area contributed by atoms with Crippen LogP contribution in [-0.2, 0) is 6.42 Å². The second-order valence-corrected chi connectivity index (χ2v) is 6.76. The van der Waals surface area contributed by atoms with Crippen LogP contribution in [0.4, 0.5) is 0 Å². The molecule has 2 heterocycles. The summed E-state index contributed by atoms with van der Waals surface area (Å²) in [5, 5.41) is 1.05. The highest BCUT2D eigenvalue weighted by atomic mass is 35.5. The summed E-state index contributed by atoms with van der Waals surface area (Å²) in [6.45, 7) is 2.16. The quantitative estimate of drug-likeness (QED) is 0.632. The Labute approximate surface area is 149 Å². The topological polar surface area (TPSA) is 36.3 Å². The van der Waals surface area contributed by atoms with Gasteiger partial charge in [0.1, 0.15) is 5.82 Å². The van der Waals surface area contributed by atoms with Crippen LogP contribution >= 0.6 is 23.2 Å². The highest BCUT2D eigenvalue weighted by molar-refractivity contribution is 6.42. The monoisotopic (exact) mass is 362 g/mol. The largest absolute Gasteiger partial charge is 0.493 e. The third kappa shape index (κ3) is 2.10. The summed E-state index contributed by atoms with van der Waals surface area (Å²) in [5.74, 6) is 2.41. The third-order valence-electron chi connectivity index (χ3n) is 4.56. The second kappa shape index (κ2) is 5.57. The van der Waals surface area contributed by atoms with Crippen molar-refractivity contribution in [3.05, 3.63) is 39.9 Å². The summed E-state index contributed by atoms with van der Waals surface area (Å²) in [5.41, 5.74) is 4.00. The van der Waals surface area contributed by atoms with Crippen LogP contribution in [0, 0.1) is 0 Å². The fraction of sp³-hybridized carbons (Fsp3) is 0.278. The second-order valence-electron chi connectivity index (χ2n) is 5.94. The molecule has 0 bridgehead atoms. The van der Waals surface area contributed by atoms with E-state index < -0.39 is 0 Å². The Morgan fingerprint density at radius 3 is 2.58 bits per heavy atom. The zero-order valence-electron chi connectivity index (χ0n) is 13.6. The normalized spacial score (nSPS) is 16.0. The Bertz CT molecular complexity index is 966. The van der Waals surface area contributed by atoms with E-state index in [-0.39, 0.29) is 6.04 Å². The van der Waals surface area contributed by atoms with Gasteiger partial charge >= 0.3 is 0 Å². The fourth-order valence-electron chi connectivity index (χ4n) is 3.52. The molecule has 1 aliphatic rings. The van der Waals surface area contributed by atoms with Gasteiger partial charge in [-0.05, 0) is 37.6 Å². The molecule has 0 spiro atoms. The van der Waals surface area contributed by atoms with Gasteiger partial charge in [-0.1, -0.05) is 23.2 Å². The first-order valence-corrected chi connectivity index (χ1v) is 8.42. The third-order valence-corrected chi connectivity index (χ3v) is 5.28. The van der Waals surface area contributed by atoms with E-state index in [1.807, 2.05) is 24.3 Å². The fourth-order valence-corrected chi connectivity index (χ4v) is 3.83. The number of hydrogen-bond donors (Lipinski definition) is 0. The minimum Gasteiger partial charge on any atom is -0.493 e. The van der Waals surface area contributed by atoms with Crippen molar-refractivity contribution in [1.82, 2.24) is 9.55 Å². The van der Waals surface area contributed by atoms with Gasteiger partial charge in [0.05, 0.1) is 35.3 Å². The zero-order valence-corrected chi connectivity index (χ0v) is 15.1. The Morgan fingerprint density at radius 2 is 1.88 bits per heavy atom. The van der Waals surface area contributed by atoms with Crippen LogP contribution in [0.1, 0.15) is 18.5 Å². The molecular weight excluding hydrogens is 347 g/mol. The van der Waals surface area contributed by atoms with Gasteiger partial charge in [0.25, 0.3) is 0 Å². The van der Waals surface area contributed by atoms with Crippen LogP contribution in [0.2, 0.25) is 10.0 Å². The molecule has 0 radical (unpaired) electrons. The smallest absolute Gasteiger partial charge is 0.164 e. The lowest BCUT2D eigenvalue weighted by atomic mass is 9.94. The number of halogens is 2. The van der Waals surface area contributed by atoms with E-state index in [1.54, 1.807) is 14.2 Å². The summed E-state index contributed by atoms with van der Waals surface area (Å²) in [4.78, 5) is 4.80. The van der Waals surface area contributed by atoms with Crippen LogP contribution in [-0.4, -0.2) is 23.8 Å². The number of imidazole rings is 1. The summed E-state index contributed by atoms with van der Waals surface area (Å²) >= 11 is 12.4. The molecule has 0 amide bonds. The van der Waals surface area contributed by atoms with E-state index in [1.165, 1.54) is 0 Å². The van der Waals surface area contributed by atoms with E-state index in [4.69, 9.17) is 37.7 Å². The number of nitrogens with zero attached hydrogens (tertiary/aromatic N) is 2. The van der Waals surface area contributed by atoms with Crippen LogP contribution < -0.4 is 9.47 Å². The average Bonchev–Trinajstić information content (AvgIpc) is 2.93. The van der Waals surface area contributed by atoms with Gasteiger partial charge in [-0.15, -0.1) is 0 Å². The Kier molecular flexibility index (Phi) is 3.62. The molecule has 24 heavy (non-hydrogen) atoms. The maximum atomic E-state index is 6.21. The number of rotatable bonds is 2. The average molecular weight is 363 g/mol. The minimum absolute atomic E-state index is 0.218. The van der Waals surface area contributed by atoms with E-state index >= 15 is 0 Å². The Hall–Kier alpha value is -1.91. The number of benzene rings is 2. The van der Waals surface area contributed by atoms with E-state index in [9.17, 15) is 0 Å². The summed E-state index contributed by atoms with van der Waals surface area (Å²) < 4.78 is 13.2. The van der Waals surface area contributed by atoms with E-state index in [2.05, 4.69) is 11.5 Å². The van der Waals surface area contributed by atoms with Crippen molar-refractivity contribution in [3.63, 3.8) is 0 Å². The molecule has 2 aromatic carbocycles. The SMILES string of the molecule is COc1ccc2c(c1OC)CC(C)n1c-2nc2cc(Cl)c(Cl)cc21. The van der Waals surface area contributed by atoms with Gasteiger partial charge in [0.2, 0.25) is 0 Å². The molecule has 0 saturated heterocycles. The van der Waals surface area contributed by atoms with Crippen molar-refractivity contribution >= 4 is 34.2 Å². The number of methoxy groups -OCH3 is 2. The van der Waals surface area contributed by atoms with Crippen molar-refractivity contribution < 1.29 is 9.47 Å². The molecule has 1 atom stereocenters. The van der Waals surface area contributed by atoms with Crippen LogP contribution in [0.25, 0.3) is 22.4 Å². The lowest BCUT2D eigenvalue weighted by Gasteiger charge is -2.27. The highest BCUT2D eigenvalue weighted by Crippen LogP contribution is 2.45. The molecule has 1 unspecified atom stereocenters. The molecule has 1 aliphatic heterocycles. The molecule has 1 aromatic heterocycles. The van der Waals surface area contributed by atoms with E-state index in [0.717, 1.165) is 45.9 Å². The molecule has 0 N–H and O–H groups in total. The van der Waals surface area contributed by atoms with Gasteiger partial charge < -0.3 is 14.0 Å². The van der Waals surface area contributed by atoms with Gasteiger partial charge in [0.15, 0.2) is 11.5 Å². The molecule has 0 fully saturated rings. The maximum Gasteiger partial charge on any atom is 0.164 e. The highest BCUT2D eigenvalue weighted by Gasteiger charge is 2.29. The van der Waals surface area contributed by atoms with Crippen LogP contribution in [0.5, 0.6) is 11.5 Å². The maximum absolute atomic E-state index is 6.21. The molecule has 4 rings (SSSR count). The van der Waals surface area contributed by atoms with Gasteiger partial charge in [-0.2, -0.15) is 0 Å². The summed E-state index contributed by atoms with van der Waals surface area (Å²) in [6.07, 6.45) is 0.828. The summed E-state index contributed by atoms with van der Waals surface area (Å²) in [7, 11) is 3.32. The first-order valence-electron chi connectivity index (χ1n) is 7.66. The van der Waals surface area contributed by atoms with Crippen molar-refractivity contribution in [2.24, 2.45) is 0 Å². The molecular formula is C18H16Cl2N2O2. The molecule has 3 aromatic rings. The number of fused-ring (bicyclic) bond motifs is 5. The first-order chi connectivity index (χ1) is 11.5. The van der Waals surface area contributed by atoms with Gasteiger partial charge in [-0.3, -0.25) is 0 Å². The van der Waals surface area contributed by atoms with Gasteiger partial charge in [-0.25, -0.2) is 4.98 Å². The summed E-state index contributed by atoms with van der Waals surface area (Å²) in [6, 6.07) is 7.87. The number of hydrogen-bond acceptors (Lipinski definition) is 3. The lowest BCUT2D eigenvalue weighted by Crippen LogP contribution is -2.17. The molecule has 124 valence electrons. The van der Waals surface area contributed by atoms with Gasteiger partial charge in [0, 0.05) is 17.2 Å². The standard InChI is InChI=1S/C18H16Cl2N2O2/c1-9-6-11-10(4-5-16(23-2)17(11)24-3)18-21-14-7-12(19)13(20)8-15(14)22(9)18/h4-5,7-9H,6H2,1-3H3. The number of aromatic nitrogens is 2. The van der Waals surface area contributed by atoms with Crippen LogP contribution in [0.3, 0.4) is 0 Å². The molecule has 4 nitrogen and oxygen atoms in total. The van der Waals surface area contributed by atoms with Crippen molar-refractivity contribution in [3.8, 4) is 22.9 Å². The predicted octanol–water partition coefficient (Wildman–Crippen LogP) is 5.14. The van der Waals surface area contributed by atoms with Crippen LogP contribution in [0.15, 0.2) is 24.3 Å². The first kappa shape index (κ1) is 15.6. The number of ether oxygens (including phenoxy) is 2.